The van der Waals surface area contributed by atoms with Gasteiger partial charge >= 0.3 is 0 Å². The summed E-state index contributed by atoms with van der Waals surface area (Å²) in [5, 5.41) is 0. The summed E-state index contributed by atoms with van der Waals surface area (Å²) in [6.45, 7) is 2.28. The summed E-state index contributed by atoms with van der Waals surface area (Å²) in [6, 6.07) is 3.91. The first-order chi connectivity index (χ1) is 14.9. The molecule has 0 aliphatic carbocycles. The molecule has 1 heterocycles. The number of carbonyl (C=O) groups is 1. The van der Waals surface area contributed by atoms with E-state index in [9.17, 15) is 4.79 Å². The van der Waals surface area contributed by atoms with Gasteiger partial charge in [-0.3, -0.25) is 4.79 Å². The molecule has 2 heteroatoms. The molecule has 0 saturated carbocycles. The summed E-state index contributed by atoms with van der Waals surface area (Å²) in [6.07, 6.45) is 32.9. The lowest BCUT2D eigenvalue weighted by Gasteiger charge is -2.03. The number of hydrogen-bond acceptors (Lipinski definition) is 1. The van der Waals surface area contributed by atoms with Crippen LogP contribution in [0.1, 0.15) is 145 Å². The van der Waals surface area contributed by atoms with Gasteiger partial charge in [-0.15, -0.1) is 0 Å². The zero-order chi connectivity index (χ0) is 21.5. The molecule has 0 spiro atoms. The summed E-state index contributed by atoms with van der Waals surface area (Å²) < 4.78 is 0. The zero-order valence-electron chi connectivity index (χ0n) is 19.9. The molecule has 0 bridgehead atoms. The van der Waals surface area contributed by atoms with Crippen molar-refractivity contribution in [2.75, 3.05) is 0 Å². The molecule has 0 fully saturated rings. The Morgan fingerprint density at radius 2 is 1.10 bits per heavy atom. The Kier molecular flexibility index (Phi) is 18.7. The normalized spacial score (nSPS) is 11.5. The van der Waals surface area contributed by atoms with Gasteiger partial charge < -0.3 is 4.98 Å². The highest BCUT2D eigenvalue weighted by Gasteiger charge is 1.98. The molecule has 2 nitrogen and oxygen atoms in total. The molecule has 1 N–H and O–H groups in total. The highest BCUT2D eigenvalue weighted by atomic mass is 16.1. The second-order valence-electron chi connectivity index (χ2n) is 9.01. The van der Waals surface area contributed by atoms with Crippen molar-refractivity contribution in [2.24, 2.45) is 0 Å². The number of aryl methyl sites for hydroxylation is 1. The SMILES string of the molecule is CCCCCCCCC=CCCCCCCCCCCCCCc1ccc(C=O)[nH]1. The minimum Gasteiger partial charge on any atom is -0.356 e. The van der Waals surface area contributed by atoms with Crippen LogP contribution in [-0.4, -0.2) is 11.3 Å². The fourth-order valence-electron chi connectivity index (χ4n) is 4.12. The fraction of sp³-hybridized carbons (Fsp3) is 0.750. The summed E-state index contributed by atoms with van der Waals surface area (Å²) >= 11 is 0. The summed E-state index contributed by atoms with van der Waals surface area (Å²) in [5.74, 6) is 0. The minimum absolute atomic E-state index is 0.699. The number of nitrogens with one attached hydrogen (secondary N) is 1. The second-order valence-corrected chi connectivity index (χ2v) is 9.01. The summed E-state index contributed by atoms with van der Waals surface area (Å²) in [5.41, 5.74) is 1.90. The average molecular weight is 416 g/mol. The van der Waals surface area contributed by atoms with Gasteiger partial charge in [0, 0.05) is 5.69 Å². The van der Waals surface area contributed by atoms with Crippen LogP contribution in [0.4, 0.5) is 0 Å². The minimum atomic E-state index is 0.699. The number of aldehydes is 1. The Morgan fingerprint density at radius 1 is 0.633 bits per heavy atom. The van der Waals surface area contributed by atoms with Crippen molar-refractivity contribution in [1.29, 1.82) is 0 Å². The first-order valence-corrected chi connectivity index (χ1v) is 13.1. The fourth-order valence-corrected chi connectivity index (χ4v) is 4.12. The second kappa shape index (κ2) is 20.9. The molecule has 0 atom stereocenters. The van der Waals surface area contributed by atoms with E-state index >= 15 is 0 Å². The number of carbonyl (C=O) groups excluding carboxylic acids is 1. The molecule has 1 aromatic heterocycles. The van der Waals surface area contributed by atoms with Crippen LogP contribution < -0.4 is 0 Å². The van der Waals surface area contributed by atoms with Crippen molar-refractivity contribution in [1.82, 2.24) is 4.98 Å². The van der Waals surface area contributed by atoms with Crippen LogP contribution in [-0.2, 0) is 6.42 Å². The number of allylic oxidation sites excluding steroid dienone is 2. The van der Waals surface area contributed by atoms with E-state index in [-0.39, 0.29) is 0 Å². The Balaban J connectivity index is 1.72. The molecule has 0 unspecified atom stereocenters. The summed E-state index contributed by atoms with van der Waals surface area (Å²) in [7, 11) is 0. The van der Waals surface area contributed by atoms with Gasteiger partial charge in [0.15, 0.2) is 6.29 Å². The zero-order valence-corrected chi connectivity index (χ0v) is 19.9. The first-order valence-electron chi connectivity index (χ1n) is 13.1. The van der Waals surface area contributed by atoms with Crippen LogP contribution in [0.25, 0.3) is 0 Å². The molecule has 1 aromatic rings. The molecule has 0 saturated heterocycles. The van der Waals surface area contributed by atoms with Crippen molar-refractivity contribution in [2.45, 2.75) is 135 Å². The van der Waals surface area contributed by atoms with E-state index in [1.54, 1.807) is 0 Å². The number of hydrogen-bond donors (Lipinski definition) is 1. The van der Waals surface area contributed by atoms with Gasteiger partial charge in [0.1, 0.15) is 0 Å². The highest BCUT2D eigenvalue weighted by Crippen LogP contribution is 2.14. The van der Waals surface area contributed by atoms with Gasteiger partial charge in [0.05, 0.1) is 5.69 Å². The Hall–Kier alpha value is -1.31. The highest BCUT2D eigenvalue weighted by molar-refractivity contribution is 5.71. The van der Waals surface area contributed by atoms with Gasteiger partial charge in [-0.05, 0) is 50.7 Å². The van der Waals surface area contributed by atoms with Crippen molar-refractivity contribution in [3.63, 3.8) is 0 Å². The van der Waals surface area contributed by atoms with Gasteiger partial charge in [-0.25, -0.2) is 0 Å². The average Bonchev–Trinajstić information content (AvgIpc) is 3.23. The van der Waals surface area contributed by atoms with Crippen molar-refractivity contribution < 1.29 is 4.79 Å². The topological polar surface area (TPSA) is 32.9 Å². The molecular formula is C28H49NO. The molecule has 0 radical (unpaired) electrons. The number of unbranched alkanes of at least 4 members (excludes halogenated alkanes) is 17. The summed E-state index contributed by atoms with van der Waals surface area (Å²) in [4.78, 5) is 13.8. The molecule has 0 aliphatic rings. The van der Waals surface area contributed by atoms with E-state index in [4.69, 9.17) is 0 Å². The Morgan fingerprint density at radius 3 is 1.57 bits per heavy atom. The lowest BCUT2D eigenvalue weighted by molar-refractivity contribution is 0.111. The molecule has 1 rings (SSSR count). The van der Waals surface area contributed by atoms with Crippen LogP contribution in [0, 0.1) is 0 Å². The maximum absolute atomic E-state index is 10.7. The predicted octanol–water partition coefficient (Wildman–Crippen LogP) is 9.36. The molecule has 172 valence electrons. The molecule has 0 aliphatic heterocycles. The predicted molar refractivity (Wildman–Crippen MR) is 132 cm³/mol. The Bertz CT molecular complexity index is 516. The number of H-pyrrole nitrogens is 1. The van der Waals surface area contributed by atoms with Gasteiger partial charge in [-0.1, -0.05) is 109 Å². The van der Waals surface area contributed by atoms with E-state index < -0.39 is 0 Å². The van der Waals surface area contributed by atoms with Crippen molar-refractivity contribution in [3.05, 3.63) is 35.7 Å². The third kappa shape index (κ3) is 16.5. The van der Waals surface area contributed by atoms with Crippen LogP contribution in [0.5, 0.6) is 0 Å². The lowest BCUT2D eigenvalue weighted by Crippen LogP contribution is -1.88. The number of aromatic amines is 1. The van der Waals surface area contributed by atoms with E-state index in [1.807, 2.05) is 12.1 Å². The van der Waals surface area contributed by atoms with E-state index in [2.05, 4.69) is 24.1 Å². The van der Waals surface area contributed by atoms with E-state index in [0.717, 1.165) is 12.7 Å². The number of rotatable bonds is 22. The third-order valence-corrected chi connectivity index (χ3v) is 6.10. The maximum Gasteiger partial charge on any atom is 0.166 e. The van der Waals surface area contributed by atoms with Gasteiger partial charge in [-0.2, -0.15) is 0 Å². The van der Waals surface area contributed by atoms with Crippen molar-refractivity contribution in [3.8, 4) is 0 Å². The molecule has 0 amide bonds. The van der Waals surface area contributed by atoms with Gasteiger partial charge in [0.25, 0.3) is 0 Å². The smallest absolute Gasteiger partial charge is 0.166 e. The van der Waals surface area contributed by atoms with Crippen LogP contribution in [0.3, 0.4) is 0 Å². The van der Waals surface area contributed by atoms with E-state index in [1.165, 1.54) is 128 Å². The first kappa shape index (κ1) is 26.7. The quantitative estimate of drug-likeness (QED) is 0.114. The molecule has 30 heavy (non-hydrogen) atoms. The number of aromatic nitrogens is 1. The molecular weight excluding hydrogens is 366 g/mol. The van der Waals surface area contributed by atoms with Crippen molar-refractivity contribution >= 4 is 6.29 Å². The van der Waals surface area contributed by atoms with Gasteiger partial charge in [0.2, 0.25) is 0 Å². The molecule has 0 aromatic carbocycles. The standard InChI is InChI=1S/C28H49NO/c1-2-3-4-5-6-7-8-9-10-11-12-13-14-15-16-17-18-19-20-21-22-23-27-24-25-28(26-30)29-27/h9-10,24-26,29H,2-8,11-23H2,1H3. The van der Waals surface area contributed by atoms with E-state index in [0.29, 0.717) is 5.69 Å². The van der Waals surface area contributed by atoms with Crippen LogP contribution in [0.2, 0.25) is 0 Å². The largest absolute Gasteiger partial charge is 0.356 e. The lowest BCUT2D eigenvalue weighted by atomic mass is 10.0. The Labute approximate surface area is 187 Å². The van der Waals surface area contributed by atoms with Crippen LogP contribution >= 0.6 is 0 Å². The third-order valence-electron chi connectivity index (χ3n) is 6.10. The maximum atomic E-state index is 10.7. The van der Waals surface area contributed by atoms with Crippen LogP contribution in [0.15, 0.2) is 24.3 Å². The monoisotopic (exact) mass is 415 g/mol.